The van der Waals surface area contributed by atoms with Crippen molar-refractivity contribution in [3.63, 3.8) is 0 Å². The Morgan fingerprint density at radius 3 is 1.08 bits per heavy atom. The molecule has 10 aromatic rings. The number of carbonyl (C=O) groups excluding carboxylic acids is 1. The van der Waals surface area contributed by atoms with Gasteiger partial charge in [0.25, 0.3) is 0 Å². The number of ketones is 1. The van der Waals surface area contributed by atoms with Gasteiger partial charge in [-0.3, -0.25) is 4.79 Å². The van der Waals surface area contributed by atoms with Crippen molar-refractivity contribution in [1.82, 2.24) is 9.13 Å². The molecule has 0 aliphatic heterocycles. The molecule has 5 nitrogen and oxygen atoms in total. The first-order valence-corrected chi connectivity index (χ1v) is 21.7. The van der Waals surface area contributed by atoms with E-state index in [9.17, 15) is 4.79 Å². The Morgan fingerprint density at radius 1 is 0.397 bits per heavy atom. The molecule has 0 N–H and O–H groups in total. The zero-order valence-electron chi connectivity index (χ0n) is 34.8. The third-order valence-electron chi connectivity index (χ3n) is 12.3. The van der Waals surface area contributed by atoms with Gasteiger partial charge in [0.2, 0.25) is 0 Å². The first-order chi connectivity index (χ1) is 31.1. The molecule has 0 bridgehead atoms. The Morgan fingerprint density at radius 2 is 0.730 bits per heavy atom. The molecule has 1 saturated carbocycles. The number of hydrogen-bond acceptors (Lipinski definition) is 3. The summed E-state index contributed by atoms with van der Waals surface area (Å²) in [6.45, 7) is 0.930. The van der Waals surface area contributed by atoms with E-state index in [0.29, 0.717) is 13.2 Å². The standard InChI is InChI=1S/C58H44N2O3/c61-58-44(36-40-24-32-48(33-25-40)62-38-42-20-28-46(29-21-42)59-54-16-5-1-12-50(54)51-13-2-6-17-55(51)59)10-9-11-45(58)37-41-26-34-49(35-27-41)63-39-43-22-30-47(31-23-43)60-56-18-7-3-14-52(56)53-15-4-8-19-57(53)60/h1-8,12-37H,9-11,38-39H2/b44-36+,45-37+. The van der Waals surface area contributed by atoms with Crippen LogP contribution in [0.25, 0.3) is 67.1 Å². The lowest BCUT2D eigenvalue weighted by Crippen LogP contribution is -2.12. The highest BCUT2D eigenvalue weighted by Crippen LogP contribution is 2.34. The lowest BCUT2D eigenvalue weighted by molar-refractivity contribution is -0.112. The van der Waals surface area contributed by atoms with Gasteiger partial charge < -0.3 is 18.6 Å². The highest BCUT2D eigenvalue weighted by molar-refractivity contribution is 6.14. The summed E-state index contributed by atoms with van der Waals surface area (Å²) in [4.78, 5) is 13.7. The van der Waals surface area contributed by atoms with E-state index in [2.05, 4.69) is 155 Å². The van der Waals surface area contributed by atoms with Gasteiger partial charge in [-0.2, -0.15) is 0 Å². The average Bonchev–Trinajstić information content (AvgIpc) is 3.86. The maximum Gasteiger partial charge on any atom is 0.185 e. The van der Waals surface area contributed by atoms with Crippen molar-refractivity contribution in [2.45, 2.75) is 32.5 Å². The maximum atomic E-state index is 13.7. The van der Waals surface area contributed by atoms with Crippen LogP contribution >= 0.6 is 0 Å². The van der Waals surface area contributed by atoms with Crippen molar-refractivity contribution < 1.29 is 14.3 Å². The minimum absolute atomic E-state index is 0.121. The fourth-order valence-corrected chi connectivity index (χ4v) is 9.12. The van der Waals surface area contributed by atoms with Crippen LogP contribution < -0.4 is 9.47 Å². The first kappa shape index (κ1) is 38.1. The summed E-state index contributed by atoms with van der Waals surface area (Å²) in [6.07, 6.45) is 6.53. The molecule has 0 radical (unpaired) electrons. The van der Waals surface area contributed by atoms with E-state index in [4.69, 9.17) is 9.47 Å². The van der Waals surface area contributed by atoms with Crippen LogP contribution in [0.15, 0.2) is 205 Å². The summed E-state index contributed by atoms with van der Waals surface area (Å²) in [7, 11) is 0. The highest BCUT2D eigenvalue weighted by Gasteiger charge is 2.21. The molecule has 0 spiro atoms. The number of rotatable bonds is 10. The third-order valence-corrected chi connectivity index (χ3v) is 12.3. The molecule has 2 heterocycles. The number of para-hydroxylation sites is 4. The smallest absolute Gasteiger partial charge is 0.185 e. The summed E-state index contributed by atoms with van der Waals surface area (Å²) >= 11 is 0. The quantitative estimate of drug-likeness (QED) is 0.129. The summed E-state index contributed by atoms with van der Waals surface area (Å²) < 4.78 is 17.0. The lowest BCUT2D eigenvalue weighted by Gasteiger charge is -2.17. The molecule has 0 amide bonds. The van der Waals surface area contributed by atoms with Gasteiger partial charge in [-0.15, -0.1) is 0 Å². The van der Waals surface area contributed by atoms with Gasteiger partial charge in [0.05, 0.1) is 22.1 Å². The zero-order valence-corrected chi connectivity index (χ0v) is 34.8. The van der Waals surface area contributed by atoms with Gasteiger partial charge in [-0.1, -0.05) is 121 Å². The number of benzene rings is 8. The molecule has 63 heavy (non-hydrogen) atoms. The minimum Gasteiger partial charge on any atom is -0.489 e. The fraction of sp³-hybridized carbons (Fsp3) is 0.0862. The molecule has 0 saturated heterocycles. The number of allylic oxidation sites excluding steroid dienone is 2. The number of fused-ring (bicyclic) bond motifs is 6. The van der Waals surface area contributed by atoms with Gasteiger partial charge in [0, 0.05) is 44.1 Å². The molecule has 2 aromatic heterocycles. The average molecular weight is 817 g/mol. The topological polar surface area (TPSA) is 45.4 Å². The second kappa shape index (κ2) is 16.5. The number of ether oxygens (including phenoxy) is 2. The third kappa shape index (κ3) is 7.48. The van der Waals surface area contributed by atoms with Crippen LogP contribution in [0.3, 0.4) is 0 Å². The van der Waals surface area contributed by atoms with E-state index >= 15 is 0 Å². The second-order valence-electron chi connectivity index (χ2n) is 16.3. The monoisotopic (exact) mass is 816 g/mol. The van der Waals surface area contributed by atoms with E-state index < -0.39 is 0 Å². The van der Waals surface area contributed by atoms with Crippen molar-refractivity contribution in [2.24, 2.45) is 0 Å². The van der Waals surface area contributed by atoms with Crippen molar-refractivity contribution in [3.05, 3.63) is 228 Å². The second-order valence-corrected chi connectivity index (χ2v) is 16.3. The molecule has 0 unspecified atom stereocenters. The van der Waals surface area contributed by atoms with Crippen molar-refractivity contribution >= 4 is 61.5 Å². The van der Waals surface area contributed by atoms with Gasteiger partial charge in [-0.05, 0) is 126 Å². The fourth-order valence-electron chi connectivity index (χ4n) is 9.12. The van der Waals surface area contributed by atoms with E-state index in [1.807, 2.05) is 60.7 Å². The number of hydrogen-bond donors (Lipinski definition) is 0. The Bertz CT molecular complexity index is 3020. The molecular weight excluding hydrogens is 773 g/mol. The van der Waals surface area contributed by atoms with Crippen molar-refractivity contribution in [2.75, 3.05) is 0 Å². The summed E-state index contributed by atoms with van der Waals surface area (Å²) in [5.74, 6) is 1.70. The Kier molecular flexibility index (Phi) is 9.98. The molecule has 5 heteroatoms. The van der Waals surface area contributed by atoms with Crippen LogP contribution in [0, 0.1) is 0 Å². The van der Waals surface area contributed by atoms with Crippen LogP contribution in [0.4, 0.5) is 0 Å². The van der Waals surface area contributed by atoms with Gasteiger partial charge in [0.1, 0.15) is 24.7 Å². The predicted octanol–water partition coefficient (Wildman–Crippen LogP) is 14.3. The number of carbonyl (C=O) groups is 1. The number of aromatic nitrogens is 2. The Hall–Kier alpha value is -7.89. The minimum atomic E-state index is 0.121. The van der Waals surface area contributed by atoms with Gasteiger partial charge in [-0.25, -0.2) is 0 Å². The molecule has 8 aromatic carbocycles. The van der Waals surface area contributed by atoms with Crippen molar-refractivity contribution in [3.8, 4) is 22.9 Å². The van der Waals surface area contributed by atoms with Crippen LogP contribution in [-0.2, 0) is 18.0 Å². The van der Waals surface area contributed by atoms with E-state index in [-0.39, 0.29) is 5.78 Å². The van der Waals surface area contributed by atoms with Crippen LogP contribution in [0.2, 0.25) is 0 Å². The normalized spacial score (nSPS) is 14.4. The van der Waals surface area contributed by atoms with Gasteiger partial charge in [0.15, 0.2) is 5.78 Å². The summed E-state index contributed by atoms with van der Waals surface area (Å²) in [5, 5.41) is 5.01. The van der Waals surface area contributed by atoms with E-state index in [1.165, 1.54) is 43.6 Å². The van der Waals surface area contributed by atoms with Gasteiger partial charge >= 0.3 is 0 Å². The first-order valence-electron chi connectivity index (χ1n) is 21.7. The predicted molar refractivity (Wildman–Crippen MR) is 258 cm³/mol. The zero-order chi connectivity index (χ0) is 42.1. The molecule has 0 atom stereocenters. The number of nitrogens with zero attached hydrogens (tertiary/aromatic N) is 2. The Balaban J connectivity index is 0.702. The Labute approximate surface area is 366 Å². The van der Waals surface area contributed by atoms with E-state index in [0.717, 1.165) is 75.5 Å². The summed E-state index contributed by atoms with van der Waals surface area (Å²) in [6, 6.07) is 67.4. The van der Waals surface area contributed by atoms with Crippen LogP contribution in [0.1, 0.15) is 41.5 Å². The van der Waals surface area contributed by atoms with Crippen LogP contribution in [0.5, 0.6) is 11.5 Å². The van der Waals surface area contributed by atoms with E-state index in [1.54, 1.807) is 0 Å². The molecule has 1 aliphatic rings. The molecule has 304 valence electrons. The molecule has 1 aliphatic carbocycles. The largest absolute Gasteiger partial charge is 0.489 e. The molecule has 11 rings (SSSR count). The number of Topliss-reactive ketones (excluding diaryl/α,β-unsaturated/α-hetero) is 1. The maximum absolute atomic E-state index is 13.7. The lowest BCUT2D eigenvalue weighted by atomic mass is 9.87. The summed E-state index contributed by atoms with van der Waals surface area (Å²) in [5.41, 5.74) is 12.9. The van der Waals surface area contributed by atoms with Crippen molar-refractivity contribution in [1.29, 1.82) is 0 Å². The molecular formula is C58H44N2O3. The SMILES string of the molecule is O=C1/C(=C/c2ccc(OCc3ccc(-n4c5ccccc5c5ccccc54)cc3)cc2)CCC/C1=C\c1ccc(OCc2ccc(-n3c4ccccc4c4ccccc43)cc2)cc1. The van der Waals surface area contributed by atoms with Crippen LogP contribution in [-0.4, -0.2) is 14.9 Å². The highest BCUT2D eigenvalue weighted by atomic mass is 16.5. The molecule has 1 fully saturated rings.